The van der Waals surface area contributed by atoms with Crippen LogP contribution in [0.1, 0.15) is 11.6 Å². The quantitative estimate of drug-likeness (QED) is 0.716. The minimum Gasteiger partial charge on any atom is -0.377 e. The Morgan fingerprint density at radius 2 is 1.85 bits per heavy atom. The smallest absolute Gasteiger partial charge is 0.275 e. The Bertz CT molecular complexity index is 1170. The lowest BCUT2D eigenvalue weighted by Crippen LogP contribution is -2.39. The molecule has 1 fully saturated rings. The van der Waals surface area contributed by atoms with E-state index in [0.29, 0.717) is 30.7 Å². The van der Waals surface area contributed by atoms with E-state index in [1.807, 2.05) is 42.5 Å². The second-order valence-corrected chi connectivity index (χ2v) is 8.39. The molecule has 0 bridgehead atoms. The Labute approximate surface area is 156 Å². The van der Waals surface area contributed by atoms with Gasteiger partial charge < -0.3 is 4.74 Å². The fourth-order valence-corrected chi connectivity index (χ4v) is 3.69. The van der Waals surface area contributed by atoms with Crippen molar-refractivity contribution in [3.63, 3.8) is 0 Å². The molecule has 4 rings (SSSR count). The lowest BCUT2D eigenvalue weighted by Gasteiger charge is -2.27. The van der Waals surface area contributed by atoms with Crippen LogP contribution in [0.5, 0.6) is 0 Å². The number of hydrogen-bond acceptors (Lipinski definition) is 5. The standard InChI is InChI=1S/C19H19N3O4S/c20-27(24,25)9-8-13-4-3-5-14(10-13)18-16-6-1-2-7-17(16)19(23)22(21-18)15-11-26-12-15/h1-7,10,15H,8-9,11-12H2,(H2,20,24,25). The van der Waals surface area contributed by atoms with Gasteiger partial charge in [0, 0.05) is 10.9 Å². The second kappa shape index (κ2) is 6.88. The maximum absolute atomic E-state index is 12.8. The maximum atomic E-state index is 12.8. The molecule has 2 N–H and O–H groups in total. The van der Waals surface area contributed by atoms with Crippen LogP contribution in [0.3, 0.4) is 0 Å². The highest BCUT2D eigenvalue weighted by Crippen LogP contribution is 2.27. The van der Waals surface area contributed by atoms with Gasteiger partial charge in [0.05, 0.1) is 30.0 Å². The van der Waals surface area contributed by atoms with Crippen LogP contribution in [0.4, 0.5) is 0 Å². The van der Waals surface area contributed by atoms with Crippen LogP contribution in [0.25, 0.3) is 22.0 Å². The molecule has 0 spiro atoms. The van der Waals surface area contributed by atoms with Gasteiger partial charge in [-0.25, -0.2) is 18.2 Å². The minimum atomic E-state index is -3.53. The van der Waals surface area contributed by atoms with Crippen LogP contribution in [-0.4, -0.2) is 37.2 Å². The SMILES string of the molecule is NS(=O)(=O)CCc1cccc(-c2nn(C3COC3)c(=O)c3ccccc23)c1. The van der Waals surface area contributed by atoms with Gasteiger partial charge in [0.2, 0.25) is 10.0 Å². The Balaban J connectivity index is 1.84. The summed E-state index contributed by atoms with van der Waals surface area (Å²) in [7, 11) is -3.53. The van der Waals surface area contributed by atoms with Gasteiger partial charge >= 0.3 is 0 Å². The predicted octanol–water partition coefficient (Wildman–Crippen LogP) is 1.47. The Morgan fingerprint density at radius 1 is 1.11 bits per heavy atom. The molecule has 140 valence electrons. The summed E-state index contributed by atoms with van der Waals surface area (Å²) in [5.74, 6) is -0.121. The van der Waals surface area contributed by atoms with Crippen molar-refractivity contribution in [3.05, 3.63) is 64.4 Å². The number of rotatable bonds is 5. The van der Waals surface area contributed by atoms with E-state index in [-0.39, 0.29) is 17.4 Å². The van der Waals surface area contributed by atoms with Crippen molar-refractivity contribution in [3.8, 4) is 11.3 Å². The molecule has 7 nitrogen and oxygen atoms in total. The molecular weight excluding hydrogens is 366 g/mol. The summed E-state index contributed by atoms with van der Waals surface area (Å²) in [5.41, 5.74) is 2.23. The summed E-state index contributed by atoms with van der Waals surface area (Å²) in [5, 5.41) is 11.1. The highest BCUT2D eigenvalue weighted by atomic mass is 32.2. The molecule has 1 aliphatic heterocycles. The summed E-state index contributed by atoms with van der Waals surface area (Å²) in [4.78, 5) is 12.8. The Hall–Kier alpha value is -2.55. The molecule has 8 heteroatoms. The van der Waals surface area contributed by atoms with Crippen LogP contribution < -0.4 is 10.7 Å². The molecule has 1 saturated heterocycles. The maximum Gasteiger partial charge on any atom is 0.275 e. The first-order valence-electron chi connectivity index (χ1n) is 8.61. The molecule has 27 heavy (non-hydrogen) atoms. The highest BCUT2D eigenvalue weighted by Gasteiger charge is 2.24. The number of aryl methyl sites for hydroxylation is 1. The number of sulfonamides is 1. The summed E-state index contributed by atoms with van der Waals surface area (Å²) in [6.07, 6.45) is 0.320. The average molecular weight is 385 g/mol. The van der Waals surface area contributed by atoms with Crippen molar-refractivity contribution in [1.29, 1.82) is 0 Å². The summed E-state index contributed by atoms with van der Waals surface area (Å²) < 4.78 is 29.2. The first-order chi connectivity index (χ1) is 12.9. The summed E-state index contributed by atoms with van der Waals surface area (Å²) >= 11 is 0. The van der Waals surface area contributed by atoms with Gasteiger partial charge in [-0.05, 0) is 24.1 Å². The fraction of sp³-hybridized carbons (Fsp3) is 0.263. The van der Waals surface area contributed by atoms with Crippen molar-refractivity contribution in [2.75, 3.05) is 19.0 Å². The van der Waals surface area contributed by atoms with E-state index in [0.717, 1.165) is 16.5 Å². The zero-order valence-electron chi connectivity index (χ0n) is 14.5. The van der Waals surface area contributed by atoms with Crippen LogP contribution >= 0.6 is 0 Å². The van der Waals surface area contributed by atoms with E-state index in [4.69, 9.17) is 9.88 Å². The van der Waals surface area contributed by atoms with E-state index >= 15 is 0 Å². The molecule has 2 aromatic carbocycles. The normalized spacial score (nSPS) is 15.0. The number of ether oxygens (including phenoxy) is 1. The highest BCUT2D eigenvalue weighted by molar-refractivity contribution is 7.89. The molecule has 0 saturated carbocycles. The number of primary sulfonamides is 1. The average Bonchev–Trinajstić information content (AvgIpc) is 2.60. The molecule has 2 heterocycles. The topological polar surface area (TPSA) is 104 Å². The van der Waals surface area contributed by atoms with Crippen LogP contribution in [0, 0.1) is 0 Å². The predicted molar refractivity (Wildman–Crippen MR) is 103 cm³/mol. The second-order valence-electron chi connectivity index (χ2n) is 6.65. The van der Waals surface area contributed by atoms with E-state index in [1.54, 1.807) is 6.07 Å². The number of fused-ring (bicyclic) bond motifs is 1. The fourth-order valence-electron chi connectivity index (χ4n) is 3.17. The molecule has 0 radical (unpaired) electrons. The molecule has 1 aliphatic rings. The third kappa shape index (κ3) is 3.64. The van der Waals surface area contributed by atoms with Gasteiger partial charge in [0.1, 0.15) is 6.04 Å². The van der Waals surface area contributed by atoms with Gasteiger partial charge in [-0.15, -0.1) is 0 Å². The summed E-state index contributed by atoms with van der Waals surface area (Å²) in [6.45, 7) is 0.943. The van der Waals surface area contributed by atoms with E-state index in [9.17, 15) is 13.2 Å². The van der Waals surface area contributed by atoms with Crippen molar-refractivity contribution in [2.45, 2.75) is 12.5 Å². The largest absolute Gasteiger partial charge is 0.377 e. The van der Waals surface area contributed by atoms with Crippen LogP contribution in [-0.2, 0) is 21.2 Å². The Kier molecular flexibility index (Phi) is 4.55. The molecular formula is C19H19N3O4S. The Morgan fingerprint density at radius 3 is 2.52 bits per heavy atom. The first-order valence-corrected chi connectivity index (χ1v) is 10.3. The van der Waals surface area contributed by atoms with Crippen molar-refractivity contribution in [1.82, 2.24) is 9.78 Å². The summed E-state index contributed by atoms with van der Waals surface area (Å²) in [6, 6.07) is 14.8. The van der Waals surface area contributed by atoms with Gasteiger partial charge in [-0.3, -0.25) is 4.79 Å². The molecule has 0 aliphatic carbocycles. The minimum absolute atomic E-state index is 0.0635. The molecule has 0 atom stereocenters. The van der Waals surface area contributed by atoms with Gasteiger partial charge in [0.25, 0.3) is 5.56 Å². The molecule has 3 aromatic rings. The number of nitrogens with zero attached hydrogens (tertiary/aromatic N) is 2. The zero-order chi connectivity index (χ0) is 19.0. The van der Waals surface area contributed by atoms with Crippen molar-refractivity contribution < 1.29 is 13.2 Å². The molecule has 0 unspecified atom stereocenters. The third-order valence-corrected chi connectivity index (χ3v) is 5.44. The number of nitrogens with two attached hydrogens (primary N) is 1. The van der Waals surface area contributed by atoms with Gasteiger partial charge in [-0.2, -0.15) is 5.10 Å². The van der Waals surface area contributed by atoms with E-state index in [2.05, 4.69) is 5.10 Å². The van der Waals surface area contributed by atoms with Crippen LogP contribution in [0.15, 0.2) is 53.3 Å². The lowest BCUT2D eigenvalue weighted by molar-refractivity contribution is -0.0303. The van der Waals surface area contributed by atoms with Crippen LogP contribution in [0.2, 0.25) is 0 Å². The van der Waals surface area contributed by atoms with Crippen molar-refractivity contribution in [2.24, 2.45) is 5.14 Å². The lowest BCUT2D eigenvalue weighted by atomic mass is 10.0. The third-order valence-electron chi connectivity index (χ3n) is 4.67. The van der Waals surface area contributed by atoms with E-state index < -0.39 is 10.0 Å². The number of hydrogen-bond donors (Lipinski definition) is 1. The number of aromatic nitrogens is 2. The first kappa shape index (κ1) is 17.8. The van der Waals surface area contributed by atoms with Crippen molar-refractivity contribution >= 4 is 20.8 Å². The van der Waals surface area contributed by atoms with E-state index in [1.165, 1.54) is 4.68 Å². The monoisotopic (exact) mass is 385 g/mol. The van der Waals surface area contributed by atoms with Gasteiger partial charge in [-0.1, -0.05) is 36.4 Å². The molecule has 0 amide bonds. The van der Waals surface area contributed by atoms with Gasteiger partial charge in [0.15, 0.2) is 0 Å². The molecule has 1 aromatic heterocycles. The zero-order valence-corrected chi connectivity index (χ0v) is 15.4. The number of benzene rings is 2.